The van der Waals surface area contributed by atoms with Crippen molar-refractivity contribution in [2.24, 2.45) is 0 Å². The van der Waals surface area contributed by atoms with Gasteiger partial charge >= 0.3 is 0 Å². The zero-order valence-electron chi connectivity index (χ0n) is 10.5. The second-order valence-electron chi connectivity index (χ2n) is 4.06. The van der Waals surface area contributed by atoms with Crippen molar-refractivity contribution < 1.29 is 9.53 Å². The third kappa shape index (κ3) is 4.96. The van der Waals surface area contributed by atoms with Gasteiger partial charge in [-0.2, -0.15) is 0 Å². The number of hydrogen-bond acceptors (Lipinski definition) is 2. The van der Waals surface area contributed by atoms with Gasteiger partial charge in [0.15, 0.2) is 0 Å². The summed E-state index contributed by atoms with van der Waals surface area (Å²) in [6, 6.07) is 5.31. The SMILES string of the molecule is COCC(Br)CCNC(=O)c1cc(Cl)ccc1C. The molecule has 100 valence electrons. The molecule has 0 radical (unpaired) electrons. The number of methoxy groups -OCH3 is 1. The molecule has 0 aliphatic rings. The molecule has 18 heavy (non-hydrogen) atoms. The first-order valence-corrected chi connectivity index (χ1v) is 7.01. The predicted octanol–water partition coefficient (Wildman–Crippen LogP) is 3.18. The number of carbonyl (C=O) groups excluding carboxylic acids is 1. The second kappa shape index (κ2) is 7.77. The van der Waals surface area contributed by atoms with Crippen LogP contribution < -0.4 is 5.32 Å². The van der Waals surface area contributed by atoms with Crippen molar-refractivity contribution in [2.75, 3.05) is 20.3 Å². The van der Waals surface area contributed by atoms with Gasteiger partial charge in [-0.3, -0.25) is 4.79 Å². The molecule has 0 aliphatic carbocycles. The molecule has 0 aliphatic heterocycles. The summed E-state index contributed by atoms with van der Waals surface area (Å²) < 4.78 is 5.00. The van der Waals surface area contributed by atoms with E-state index in [9.17, 15) is 4.79 Å². The summed E-state index contributed by atoms with van der Waals surface area (Å²) in [5.74, 6) is -0.0906. The van der Waals surface area contributed by atoms with Crippen molar-refractivity contribution in [1.29, 1.82) is 0 Å². The minimum Gasteiger partial charge on any atom is -0.384 e. The van der Waals surface area contributed by atoms with Gasteiger partial charge in [-0.25, -0.2) is 0 Å². The highest BCUT2D eigenvalue weighted by Crippen LogP contribution is 2.15. The smallest absolute Gasteiger partial charge is 0.251 e. The average molecular weight is 335 g/mol. The Kier molecular flexibility index (Phi) is 6.68. The number of halogens is 2. The summed E-state index contributed by atoms with van der Waals surface area (Å²) >= 11 is 9.36. The van der Waals surface area contributed by atoms with Crippen LogP contribution in [0.15, 0.2) is 18.2 Å². The van der Waals surface area contributed by atoms with E-state index in [1.54, 1.807) is 19.2 Å². The summed E-state index contributed by atoms with van der Waals surface area (Å²) in [4.78, 5) is 12.2. The third-order valence-electron chi connectivity index (χ3n) is 2.53. The number of benzene rings is 1. The van der Waals surface area contributed by atoms with E-state index in [4.69, 9.17) is 16.3 Å². The number of aryl methyl sites for hydroxylation is 1. The Morgan fingerprint density at radius 1 is 1.56 bits per heavy atom. The van der Waals surface area contributed by atoms with Gasteiger partial charge in [-0.1, -0.05) is 33.6 Å². The maximum absolute atomic E-state index is 11.9. The fourth-order valence-corrected chi connectivity index (χ4v) is 2.21. The monoisotopic (exact) mass is 333 g/mol. The van der Waals surface area contributed by atoms with Crippen LogP contribution in [0.1, 0.15) is 22.3 Å². The summed E-state index contributed by atoms with van der Waals surface area (Å²) in [5.41, 5.74) is 1.55. The van der Waals surface area contributed by atoms with Crippen molar-refractivity contribution in [3.8, 4) is 0 Å². The van der Waals surface area contributed by atoms with Crippen LogP contribution in [-0.4, -0.2) is 31.0 Å². The zero-order valence-corrected chi connectivity index (χ0v) is 12.8. The van der Waals surface area contributed by atoms with Crippen LogP contribution in [0.2, 0.25) is 5.02 Å². The van der Waals surface area contributed by atoms with Gasteiger partial charge in [0.05, 0.1) is 6.61 Å². The molecule has 0 bridgehead atoms. The summed E-state index contributed by atoms with van der Waals surface area (Å²) in [6.45, 7) is 3.12. The van der Waals surface area contributed by atoms with E-state index >= 15 is 0 Å². The summed E-state index contributed by atoms with van der Waals surface area (Å²) in [5, 5.41) is 3.45. The van der Waals surface area contributed by atoms with Gasteiger partial charge in [0.2, 0.25) is 0 Å². The lowest BCUT2D eigenvalue weighted by atomic mass is 10.1. The maximum Gasteiger partial charge on any atom is 0.251 e. The van der Waals surface area contributed by atoms with Gasteiger partial charge in [-0.15, -0.1) is 0 Å². The van der Waals surface area contributed by atoms with Crippen molar-refractivity contribution in [1.82, 2.24) is 5.32 Å². The number of alkyl halides is 1. The fourth-order valence-electron chi connectivity index (χ4n) is 1.54. The second-order valence-corrected chi connectivity index (χ2v) is 5.79. The van der Waals surface area contributed by atoms with Crippen LogP contribution in [0.4, 0.5) is 0 Å². The Hall–Kier alpha value is -0.580. The van der Waals surface area contributed by atoms with Crippen molar-refractivity contribution >= 4 is 33.4 Å². The number of rotatable bonds is 6. The molecule has 1 atom stereocenters. The Morgan fingerprint density at radius 3 is 2.94 bits per heavy atom. The molecule has 0 heterocycles. The average Bonchev–Trinajstić information content (AvgIpc) is 2.32. The molecule has 3 nitrogen and oxygen atoms in total. The van der Waals surface area contributed by atoms with Gasteiger partial charge < -0.3 is 10.1 Å². The largest absolute Gasteiger partial charge is 0.384 e. The standard InChI is InChI=1S/C13H17BrClNO2/c1-9-3-4-11(15)7-12(9)13(17)16-6-5-10(14)8-18-2/h3-4,7,10H,5-6,8H2,1-2H3,(H,16,17). The third-order valence-corrected chi connectivity index (χ3v) is 3.49. The quantitative estimate of drug-likeness (QED) is 0.812. The highest BCUT2D eigenvalue weighted by molar-refractivity contribution is 9.09. The number of hydrogen-bond donors (Lipinski definition) is 1. The van der Waals surface area contributed by atoms with Gasteiger partial charge in [0.1, 0.15) is 0 Å². The van der Waals surface area contributed by atoms with E-state index in [1.807, 2.05) is 13.0 Å². The van der Waals surface area contributed by atoms with Crippen LogP contribution in [0.3, 0.4) is 0 Å². The van der Waals surface area contributed by atoms with Gasteiger partial charge in [0, 0.05) is 29.1 Å². The predicted molar refractivity (Wildman–Crippen MR) is 77.7 cm³/mol. The molecule has 1 rings (SSSR count). The minimum atomic E-state index is -0.0906. The first kappa shape index (κ1) is 15.5. The molecule has 0 saturated carbocycles. The van der Waals surface area contributed by atoms with Crippen LogP contribution in [0, 0.1) is 6.92 Å². The number of carbonyl (C=O) groups is 1. The molecule has 1 unspecified atom stereocenters. The molecular formula is C13H17BrClNO2. The highest BCUT2D eigenvalue weighted by atomic mass is 79.9. The Labute approximate surface area is 121 Å². The molecule has 1 amide bonds. The Bertz CT molecular complexity index is 412. The first-order chi connectivity index (χ1) is 8.54. The van der Waals surface area contributed by atoms with Gasteiger partial charge in [-0.05, 0) is 31.0 Å². The fraction of sp³-hybridized carbons (Fsp3) is 0.462. The lowest BCUT2D eigenvalue weighted by Crippen LogP contribution is -2.27. The van der Waals surface area contributed by atoms with Crippen molar-refractivity contribution in [3.63, 3.8) is 0 Å². The van der Waals surface area contributed by atoms with E-state index < -0.39 is 0 Å². The van der Waals surface area contributed by atoms with Crippen LogP contribution >= 0.6 is 27.5 Å². The maximum atomic E-state index is 11.9. The van der Waals surface area contributed by atoms with Crippen LogP contribution in [-0.2, 0) is 4.74 Å². The van der Waals surface area contributed by atoms with Crippen molar-refractivity contribution in [2.45, 2.75) is 18.2 Å². The highest BCUT2D eigenvalue weighted by Gasteiger charge is 2.10. The summed E-state index contributed by atoms with van der Waals surface area (Å²) in [7, 11) is 1.65. The lowest BCUT2D eigenvalue weighted by molar-refractivity contribution is 0.0951. The molecule has 5 heteroatoms. The van der Waals surface area contributed by atoms with E-state index in [2.05, 4.69) is 21.2 Å². The molecule has 0 saturated heterocycles. The molecule has 0 spiro atoms. The van der Waals surface area contributed by atoms with Crippen molar-refractivity contribution in [3.05, 3.63) is 34.3 Å². The normalized spacial score (nSPS) is 12.2. The summed E-state index contributed by atoms with van der Waals surface area (Å²) in [6.07, 6.45) is 0.819. The topological polar surface area (TPSA) is 38.3 Å². The Balaban J connectivity index is 2.48. The zero-order chi connectivity index (χ0) is 13.5. The number of ether oxygens (including phenoxy) is 1. The van der Waals surface area contributed by atoms with Gasteiger partial charge in [0.25, 0.3) is 5.91 Å². The van der Waals surface area contributed by atoms with E-state index in [1.165, 1.54) is 0 Å². The molecule has 0 aromatic heterocycles. The molecule has 1 aromatic carbocycles. The lowest BCUT2D eigenvalue weighted by Gasteiger charge is -2.11. The number of nitrogens with one attached hydrogen (secondary N) is 1. The Morgan fingerprint density at radius 2 is 2.28 bits per heavy atom. The molecule has 1 N–H and O–H groups in total. The molecule has 0 fully saturated rings. The molecular weight excluding hydrogens is 318 g/mol. The van der Waals surface area contributed by atoms with Crippen LogP contribution in [0.25, 0.3) is 0 Å². The van der Waals surface area contributed by atoms with Crippen LogP contribution in [0.5, 0.6) is 0 Å². The number of amides is 1. The van der Waals surface area contributed by atoms with E-state index in [-0.39, 0.29) is 10.7 Å². The minimum absolute atomic E-state index is 0.0906. The molecule has 1 aromatic rings. The van der Waals surface area contributed by atoms with E-state index in [0.29, 0.717) is 23.7 Å². The first-order valence-electron chi connectivity index (χ1n) is 5.72. The van der Waals surface area contributed by atoms with E-state index in [0.717, 1.165) is 12.0 Å².